The molecule has 0 saturated heterocycles. The summed E-state index contributed by atoms with van der Waals surface area (Å²) in [6.07, 6.45) is 1.66. The Morgan fingerprint density at radius 2 is 2.10 bits per heavy atom. The van der Waals surface area contributed by atoms with E-state index in [0.29, 0.717) is 18.7 Å². The number of non-ortho nitro benzene ring substituents is 1. The van der Waals surface area contributed by atoms with Crippen molar-refractivity contribution >= 4 is 11.4 Å². The molecular formula is C14H15N3O3. The van der Waals surface area contributed by atoms with Crippen molar-refractivity contribution in [2.45, 2.75) is 13.5 Å². The van der Waals surface area contributed by atoms with Crippen LogP contribution in [0.5, 0.6) is 0 Å². The van der Waals surface area contributed by atoms with Crippen LogP contribution in [0.25, 0.3) is 0 Å². The minimum atomic E-state index is -0.438. The minimum absolute atomic E-state index is 0.0191. The van der Waals surface area contributed by atoms with Gasteiger partial charge in [0.05, 0.1) is 11.5 Å². The van der Waals surface area contributed by atoms with E-state index in [1.54, 1.807) is 24.4 Å². The van der Waals surface area contributed by atoms with E-state index < -0.39 is 4.92 Å². The maximum absolute atomic E-state index is 11.7. The summed E-state index contributed by atoms with van der Waals surface area (Å²) < 4.78 is 1.51. The molecule has 2 rings (SSSR count). The van der Waals surface area contributed by atoms with Gasteiger partial charge < -0.3 is 9.88 Å². The number of pyridine rings is 1. The zero-order chi connectivity index (χ0) is 14.5. The highest BCUT2D eigenvalue weighted by molar-refractivity contribution is 5.56. The van der Waals surface area contributed by atoms with E-state index in [-0.39, 0.29) is 11.2 Å². The maximum atomic E-state index is 11.7. The Morgan fingerprint density at radius 1 is 1.30 bits per heavy atom. The number of anilines is 1. The van der Waals surface area contributed by atoms with Gasteiger partial charge in [-0.1, -0.05) is 6.07 Å². The molecule has 0 amide bonds. The lowest BCUT2D eigenvalue weighted by atomic mass is 10.1. The molecule has 20 heavy (non-hydrogen) atoms. The minimum Gasteiger partial charge on any atom is -0.385 e. The second kappa shape index (κ2) is 6.01. The predicted molar refractivity (Wildman–Crippen MR) is 77.1 cm³/mol. The van der Waals surface area contributed by atoms with Crippen molar-refractivity contribution in [2.75, 3.05) is 11.9 Å². The summed E-state index contributed by atoms with van der Waals surface area (Å²) in [7, 11) is 0. The van der Waals surface area contributed by atoms with E-state index in [2.05, 4.69) is 5.32 Å². The Morgan fingerprint density at radius 3 is 2.75 bits per heavy atom. The first-order chi connectivity index (χ1) is 9.61. The van der Waals surface area contributed by atoms with Gasteiger partial charge in [0.1, 0.15) is 0 Å². The smallest absolute Gasteiger partial charge is 0.269 e. The summed E-state index contributed by atoms with van der Waals surface area (Å²) >= 11 is 0. The largest absolute Gasteiger partial charge is 0.385 e. The normalized spacial score (nSPS) is 10.2. The maximum Gasteiger partial charge on any atom is 0.269 e. The van der Waals surface area contributed by atoms with E-state index in [9.17, 15) is 14.9 Å². The lowest BCUT2D eigenvalue weighted by Crippen LogP contribution is -2.19. The highest BCUT2D eigenvalue weighted by Crippen LogP contribution is 2.22. The monoisotopic (exact) mass is 273 g/mol. The highest BCUT2D eigenvalue weighted by atomic mass is 16.6. The summed E-state index contributed by atoms with van der Waals surface area (Å²) in [5.41, 5.74) is 1.40. The van der Waals surface area contributed by atoms with Gasteiger partial charge in [-0.2, -0.15) is 0 Å². The molecular weight excluding hydrogens is 258 g/mol. The Labute approximate surface area is 115 Å². The number of hydrogen-bond acceptors (Lipinski definition) is 4. The van der Waals surface area contributed by atoms with E-state index in [1.165, 1.54) is 22.8 Å². The first-order valence-electron chi connectivity index (χ1n) is 6.28. The average molecular weight is 273 g/mol. The van der Waals surface area contributed by atoms with E-state index in [1.807, 2.05) is 6.92 Å². The van der Waals surface area contributed by atoms with Crippen LogP contribution >= 0.6 is 0 Å². The third-order valence-corrected chi connectivity index (χ3v) is 2.91. The van der Waals surface area contributed by atoms with Gasteiger partial charge in [0.15, 0.2) is 0 Å². The first-order valence-corrected chi connectivity index (χ1v) is 6.28. The molecule has 1 aromatic heterocycles. The van der Waals surface area contributed by atoms with Crippen LogP contribution in [0.15, 0.2) is 47.4 Å². The van der Waals surface area contributed by atoms with Gasteiger partial charge >= 0.3 is 0 Å². The average Bonchev–Trinajstić information content (AvgIpc) is 2.43. The number of nitro benzene ring substituents is 1. The fourth-order valence-corrected chi connectivity index (χ4v) is 1.96. The van der Waals surface area contributed by atoms with E-state index in [4.69, 9.17) is 0 Å². The van der Waals surface area contributed by atoms with Gasteiger partial charge in [0.25, 0.3) is 11.2 Å². The quantitative estimate of drug-likeness (QED) is 0.669. The molecule has 6 nitrogen and oxygen atoms in total. The van der Waals surface area contributed by atoms with Crippen LogP contribution in [0.1, 0.15) is 12.5 Å². The molecule has 0 fully saturated rings. The molecule has 104 valence electrons. The van der Waals surface area contributed by atoms with Gasteiger partial charge in [-0.05, 0) is 19.1 Å². The molecule has 0 spiro atoms. The fraction of sp³-hybridized carbons (Fsp3) is 0.214. The van der Waals surface area contributed by atoms with Crippen LogP contribution in [0, 0.1) is 10.1 Å². The topological polar surface area (TPSA) is 77.2 Å². The van der Waals surface area contributed by atoms with Gasteiger partial charge in [-0.15, -0.1) is 0 Å². The van der Waals surface area contributed by atoms with E-state index >= 15 is 0 Å². The van der Waals surface area contributed by atoms with Gasteiger partial charge in [0.2, 0.25) is 0 Å². The van der Waals surface area contributed by atoms with Crippen molar-refractivity contribution in [3.63, 3.8) is 0 Å². The molecule has 0 bridgehead atoms. The third kappa shape index (κ3) is 3.03. The standard InChI is InChI=1S/C14H15N3O3/c1-2-15-13-7-6-12(17(19)20)9-11(13)10-16-8-4-3-5-14(16)18/h3-9,15H,2,10H2,1H3. The van der Waals surface area contributed by atoms with Gasteiger partial charge in [-0.3, -0.25) is 14.9 Å². The molecule has 6 heteroatoms. The summed E-state index contributed by atoms with van der Waals surface area (Å²) in [6.45, 7) is 2.94. The molecule has 1 heterocycles. The number of benzene rings is 1. The van der Waals surface area contributed by atoms with Crippen molar-refractivity contribution in [1.29, 1.82) is 0 Å². The molecule has 0 atom stereocenters. The van der Waals surface area contributed by atoms with Crippen LogP contribution in [-0.2, 0) is 6.54 Å². The molecule has 0 unspecified atom stereocenters. The lowest BCUT2D eigenvalue weighted by Gasteiger charge is -2.12. The number of nitrogens with zero attached hydrogens (tertiary/aromatic N) is 2. The zero-order valence-corrected chi connectivity index (χ0v) is 11.1. The van der Waals surface area contributed by atoms with Crippen molar-refractivity contribution in [1.82, 2.24) is 4.57 Å². The number of nitro groups is 1. The Bertz CT molecular complexity index is 679. The number of hydrogen-bond donors (Lipinski definition) is 1. The third-order valence-electron chi connectivity index (χ3n) is 2.91. The number of nitrogens with one attached hydrogen (secondary N) is 1. The Balaban J connectivity index is 2.42. The summed E-state index contributed by atoms with van der Waals surface area (Å²) in [6, 6.07) is 9.51. The second-order valence-electron chi connectivity index (χ2n) is 4.30. The molecule has 0 aliphatic heterocycles. The zero-order valence-electron chi connectivity index (χ0n) is 11.1. The van der Waals surface area contributed by atoms with Gasteiger partial charge in [-0.25, -0.2) is 0 Å². The fourth-order valence-electron chi connectivity index (χ4n) is 1.96. The molecule has 0 saturated carbocycles. The summed E-state index contributed by atoms with van der Waals surface area (Å²) in [4.78, 5) is 22.1. The van der Waals surface area contributed by atoms with Crippen LogP contribution < -0.4 is 10.9 Å². The molecule has 1 N–H and O–H groups in total. The Kier molecular flexibility index (Phi) is 4.14. The molecule has 2 aromatic rings. The number of aromatic nitrogens is 1. The van der Waals surface area contributed by atoms with Crippen LogP contribution in [-0.4, -0.2) is 16.0 Å². The van der Waals surface area contributed by atoms with Crippen LogP contribution in [0.4, 0.5) is 11.4 Å². The highest BCUT2D eigenvalue weighted by Gasteiger charge is 2.11. The molecule has 0 radical (unpaired) electrons. The van der Waals surface area contributed by atoms with Crippen molar-refractivity contribution < 1.29 is 4.92 Å². The summed E-state index contributed by atoms with van der Waals surface area (Å²) in [5, 5.41) is 14.0. The Hall–Kier alpha value is -2.63. The summed E-state index contributed by atoms with van der Waals surface area (Å²) in [5.74, 6) is 0. The number of rotatable bonds is 5. The van der Waals surface area contributed by atoms with Crippen molar-refractivity contribution in [3.05, 3.63) is 68.6 Å². The van der Waals surface area contributed by atoms with E-state index in [0.717, 1.165) is 5.69 Å². The predicted octanol–water partition coefficient (Wildman–Crippen LogP) is 2.24. The molecule has 0 aliphatic rings. The molecule has 1 aromatic carbocycles. The molecule has 0 aliphatic carbocycles. The van der Waals surface area contributed by atoms with Crippen molar-refractivity contribution in [3.8, 4) is 0 Å². The SMILES string of the molecule is CCNc1ccc([N+](=O)[O-])cc1Cn1ccccc1=O. The van der Waals surface area contributed by atoms with Gasteiger partial charge in [0, 0.05) is 42.2 Å². The van der Waals surface area contributed by atoms with Crippen molar-refractivity contribution in [2.24, 2.45) is 0 Å². The van der Waals surface area contributed by atoms with Crippen LogP contribution in [0.2, 0.25) is 0 Å². The van der Waals surface area contributed by atoms with Crippen LogP contribution in [0.3, 0.4) is 0 Å². The lowest BCUT2D eigenvalue weighted by molar-refractivity contribution is -0.384. The second-order valence-corrected chi connectivity index (χ2v) is 4.30. The first kappa shape index (κ1) is 13.8.